The molecule has 0 saturated carbocycles. The van der Waals surface area contributed by atoms with Gasteiger partial charge < -0.3 is 5.32 Å². The number of hydrogen-bond acceptors (Lipinski definition) is 2. The molecule has 1 aliphatic carbocycles. The van der Waals surface area contributed by atoms with Crippen LogP contribution in [0.15, 0.2) is 24.4 Å². The maximum atomic E-state index is 12.3. The van der Waals surface area contributed by atoms with Gasteiger partial charge in [0.15, 0.2) is 5.69 Å². The summed E-state index contributed by atoms with van der Waals surface area (Å²) in [6, 6.07) is 5.88. The number of aromatic nitrogens is 2. The summed E-state index contributed by atoms with van der Waals surface area (Å²) in [5.74, 6) is -0.124. The van der Waals surface area contributed by atoms with E-state index in [9.17, 15) is 4.79 Å². The average molecular weight is 290 g/mol. The van der Waals surface area contributed by atoms with Gasteiger partial charge in [0.05, 0.1) is 6.04 Å². The van der Waals surface area contributed by atoms with E-state index in [1.807, 2.05) is 38.4 Å². The van der Waals surface area contributed by atoms with Gasteiger partial charge in [-0.15, -0.1) is 0 Å². The van der Waals surface area contributed by atoms with Crippen molar-refractivity contribution in [3.05, 3.63) is 51.8 Å². The number of nitrogens with one attached hydrogen (secondary N) is 1. The molecule has 0 aliphatic heterocycles. The molecule has 4 nitrogen and oxygen atoms in total. The number of rotatable bonds is 2. The molecule has 5 heteroatoms. The summed E-state index contributed by atoms with van der Waals surface area (Å²) in [6.45, 7) is 1.89. The van der Waals surface area contributed by atoms with E-state index in [0.717, 1.165) is 34.6 Å². The van der Waals surface area contributed by atoms with Gasteiger partial charge in [-0.1, -0.05) is 23.7 Å². The first-order valence-corrected chi connectivity index (χ1v) is 7.02. The number of carbonyl (C=O) groups excluding carboxylic acids is 1. The number of aryl methyl sites for hydroxylation is 2. The van der Waals surface area contributed by atoms with E-state index in [1.54, 1.807) is 4.68 Å². The monoisotopic (exact) mass is 289 g/mol. The first-order chi connectivity index (χ1) is 9.56. The van der Waals surface area contributed by atoms with Crippen LogP contribution in [0.25, 0.3) is 0 Å². The molecule has 1 aromatic heterocycles. The molecule has 0 radical (unpaired) electrons. The molecule has 1 heterocycles. The highest BCUT2D eigenvalue weighted by Crippen LogP contribution is 2.35. The lowest BCUT2D eigenvalue weighted by Gasteiger charge is -2.13. The second kappa shape index (κ2) is 4.94. The van der Waals surface area contributed by atoms with Crippen molar-refractivity contribution in [3.8, 4) is 0 Å². The van der Waals surface area contributed by atoms with Crippen molar-refractivity contribution in [1.29, 1.82) is 0 Å². The Hall–Kier alpha value is -1.81. The normalized spacial score (nSPS) is 17.1. The topological polar surface area (TPSA) is 46.9 Å². The quantitative estimate of drug-likeness (QED) is 0.924. The summed E-state index contributed by atoms with van der Waals surface area (Å²) in [7, 11) is 1.81. The second-order valence-electron chi connectivity index (χ2n) is 5.21. The number of hydrogen-bond donors (Lipinski definition) is 1. The number of carbonyl (C=O) groups is 1. The Labute approximate surface area is 122 Å². The largest absolute Gasteiger partial charge is 0.344 e. The zero-order valence-corrected chi connectivity index (χ0v) is 12.2. The molecule has 1 amide bonds. The van der Waals surface area contributed by atoms with Gasteiger partial charge in [0, 0.05) is 23.8 Å². The van der Waals surface area contributed by atoms with Crippen LogP contribution in [-0.2, 0) is 13.5 Å². The second-order valence-corrected chi connectivity index (χ2v) is 5.61. The van der Waals surface area contributed by atoms with Crippen molar-refractivity contribution >= 4 is 17.5 Å². The van der Waals surface area contributed by atoms with Crippen molar-refractivity contribution in [2.75, 3.05) is 0 Å². The maximum absolute atomic E-state index is 12.3. The number of benzene rings is 1. The predicted octanol–water partition coefficient (Wildman–Crippen LogP) is 2.80. The van der Waals surface area contributed by atoms with E-state index in [-0.39, 0.29) is 11.9 Å². The van der Waals surface area contributed by atoms with Gasteiger partial charge in [0.25, 0.3) is 5.91 Å². The third-order valence-electron chi connectivity index (χ3n) is 3.75. The lowest BCUT2D eigenvalue weighted by Crippen LogP contribution is -2.28. The first kappa shape index (κ1) is 13.2. The van der Waals surface area contributed by atoms with E-state index in [2.05, 4.69) is 10.4 Å². The van der Waals surface area contributed by atoms with E-state index in [4.69, 9.17) is 11.6 Å². The summed E-state index contributed by atoms with van der Waals surface area (Å²) < 4.78 is 1.66. The summed E-state index contributed by atoms with van der Waals surface area (Å²) in [5.41, 5.74) is 3.65. The van der Waals surface area contributed by atoms with Crippen LogP contribution in [0.1, 0.15) is 39.6 Å². The van der Waals surface area contributed by atoms with Crippen molar-refractivity contribution in [2.45, 2.75) is 25.8 Å². The van der Waals surface area contributed by atoms with Crippen LogP contribution in [-0.4, -0.2) is 15.7 Å². The zero-order valence-electron chi connectivity index (χ0n) is 11.5. The molecule has 1 unspecified atom stereocenters. The van der Waals surface area contributed by atoms with E-state index >= 15 is 0 Å². The van der Waals surface area contributed by atoms with Crippen molar-refractivity contribution in [3.63, 3.8) is 0 Å². The van der Waals surface area contributed by atoms with Crippen LogP contribution in [0.3, 0.4) is 0 Å². The first-order valence-electron chi connectivity index (χ1n) is 6.64. The van der Waals surface area contributed by atoms with Crippen LogP contribution >= 0.6 is 11.6 Å². The number of amides is 1. The molecule has 2 aromatic rings. The Balaban J connectivity index is 1.82. The van der Waals surface area contributed by atoms with Crippen molar-refractivity contribution in [1.82, 2.24) is 15.1 Å². The molecule has 20 heavy (non-hydrogen) atoms. The van der Waals surface area contributed by atoms with E-state index in [0.29, 0.717) is 5.69 Å². The standard InChI is InChI=1S/C15H16ClN3O/c1-9-8-19(2)18-14(9)15(20)17-13-7-6-10-11(13)4-3-5-12(10)16/h3-5,8,13H,6-7H2,1-2H3,(H,17,20). The Morgan fingerprint density at radius 2 is 2.30 bits per heavy atom. The Bertz CT molecular complexity index is 678. The van der Waals surface area contributed by atoms with Gasteiger partial charge >= 0.3 is 0 Å². The molecular weight excluding hydrogens is 274 g/mol. The SMILES string of the molecule is Cc1cn(C)nc1C(=O)NC1CCc2c(Cl)cccc21. The minimum absolute atomic E-state index is 0.0256. The van der Waals surface area contributed by atoms with Crippen LogP contribution in [0.5, 0.6) is 0 Å². The fraction of sp³-hybridized carbons (Fsp3) is 0.333. The van der Waals surface area contributed by atoms with Gasteiger partial charge in [0.2, 0.25) is 0 Å². The number of nitrogens with zero attached hydrogens (tertiary/aromatic N) is 2. The van der Waals surface area contributed by atoms with Crippen LogP contribution in [0.4, 0.5) is 0 Å². The third-order valence-corrected chi connectivity index (χ3v) is 4.10. The van der Waals surface area contributed by atoms with Gasteiger partial charge in [-0.2, -0.15) is 5.10 Å². The molecule has 1 aromatic carbocycles. The third kappa shape index (κ3) is 2.20. The minimum Gasteiger partial charge on any atom is -0.344 e. The summed E-state index contributed by atoms with van der Waals surface area (Å²) in [6.07, 6.45) is 3.63. The van der Waals surface area contributed by atoms with E-state index in [1.165, 1.54) is 0 Å². The van der Waals surface area contributed by atoms with Gasteiger partial charge in [0.1, 0.15) is 0 Å². The molecule has 1 atom stereocenters. The highest BCUT2D eigenvalue weighted by atomic mass is 35.5. The molecule has 1 N–H and O–H groups in total. The Morgan fingerprint density at radius 1 is 1.50 bits per heavy atom. The number of halogens is 1. The highest BCUT2D eigenvalue weighted by Gasteiger charge is 2.26. The molecule has 0 bridgehead atoms. The molecule has 104 valence electrons. The van der Waals surface area contributed by atoms with Gasteiger partial charge in [-0.3, -0.25) is 9.48 Å². The fourth-order valence-corrected chi connectivity index (χ4v) is 3.09. The number of fused-ring (bicyclic) bond motifs is 1. The summed E-state index contributed by atoms with van der Waals surface area (Å²) >= 11 is 6.19. The van der Waals surface area contributed by atoms with Gasteiger partial charge in [-0.05, 0) is 37.0 Å². The summed E-state index contributed by atoms with van der Waals surface area (Å²) in [5, 5.41) is 8.05. The molecule has 0 fully saturated rings. The fourth-order valence-electron chi connectivity index (χ4n) is 2.82. The smallest absolute Gasteiger partial charge is 0.272 e. The maximum Gasteiger partial charge on any atom is 0.272 e. The van der Waals surface area contributed by atoms with Gasteiger partial charge in [-0.25, -0.2) is 0 Å². The van der Waals surface area contributed by atoms with E-state index < -0.39 is 0 Å². The van der Waals surface area contributed by atoms with Crippen molar-refractivity contribution < 1.29 is 4.79 Å². The Morgan fingerprint density at radius 3 is 3.00 bits per heavy atom. The van der Waals surface area contributed by atoms with Crippen molar-refractivity contribution in [2.24, 2.45) is 7.05 Å². The molecule has 0 spiro atoms. The lowest BCUT2D eigenvalue weighted by atomic mass is 10.1. The van der Waals surface area contributed by atoms with Crippen LogP contribution < -0.4 is 5.32 Å². The summed E-state index contributed by atoms with van der Waals surface area (Å²) in [4.78, 5) is 12.3. The predicted molar refractivity (Wildman–Crippen MR) is 77.9 cm³/mol. The molecule has 0 saturated heterocycles. The average Bonchev–Trinajstić information content (AvgIpc) is 2.94. The van der Waals surface area contributed by atoms with Crippen LogP contribution in [0.2, 0.25) is 5.02 Å². The zero-order chi connectivity index (χ0) is 14.3. The molecule has 1 aliphatic rings. The minimum atomic E-state index is -0.124. The Kier molecular flexibility index (Phi) is 3.26. The van der Waals surface area contributed by atoms with Crippen LogP contribution in [0, 0.1) is 6.92 Å². The molecular formula is C15H16ClN3O. The highest BCUT2D eigenvalue weighted by molar-refractivity contribution is 6.31. The lowest BCUT2D eigenvalue weighted by molar-refractivity contribution is 0.0930. The molecule has 3 rings (SSSR count).